The van der Waals surface area contributed by atoms with Gasteiger partial charge in [-0.1, -0.05) is 19.9 Å². The number of carbonyl (C=O) groups is 1. The zero-order valence-corrected chi connectivity index (χ0v) is 8.56. The lowest BCUT2D eigenvalue weighted by molar-refractivity contribution is -0.704. The number of pyridine rings is 1. The van der Waals surface area contributed by atoms with Crippen molar-refractivity contribution >= 4 is 5.97 Å². The minimum atomic E-state index is -1.00. The first-order valence-corrected chi connectivity index (χ1v) is 4.79. The van der Waals surface area contributed by atoms with Crippen LogP contribution < -0.4 is 9.67 Å². The Morgan fingerprint density at radius 1 is 1.50 bits per heavy atom. The van der Waals surface area contributed by atoms with E-state index in [2.05, 4.69) is 13.8 Å². The molecule has 3 heteroatoms. The predicted octanol–water partition coefficient (Wildman–Crippen LogP) is 0.237. The number of aryl methyl sites for hydroxylation is 1. The summed E-state index contributed by atoms with van der Waals surface area (Å²) in [7, 11) is 0. The number of carbonyl (C=O) groups excluding carboxylic acids is 1. The Balaban J connectivity index is 2.79. The molecule has 0 aliphatic heterocycles. The molecule has 1 rings (SSSR count). The zero-order chi connectivity index (χ0) is 10.6. The highest BCUT2D eigenvalue weighted by atomic mass is 16.4. The average molecular weight is 193 g/mol. The summed E-state index contributed by atoms with van der Waals surface area (Å²) < 4.78 is 1.96. The highest BCUT2D eigenvalue weighted by Gasteiger charge is 2.12. The van der Waals surface area contributed by atoms with Crippen molar-refractivity contribution in [3.63, 3.8) is 0 Å². The highest BCUT2D eigenvalue weighted by Crippen LogP contribution is 2.07. The van der Waals surface area contributed by atoms with Gasteiger partial charge in [0.05, 0.1) is 0 Å². The van der Waals surface area contributed by atoms with Gasteiger partial charge >= 0.3 is 0 Å². The molecule has 1 aromatic heterocycles. The molecule has 76 valence electrons. The molecule has 1 aromatic rings. The summed E-state index contributed by atoms with van der Waals surface area (Å²) >= 11 is 0. The number of hydrogen-bond donors (Lipinski definition) is 0. The number of carboxylic acids is 1. The Hall–Kier alpha value is -1.38. The van der Waals surface area contributed by atoms with Crippen molar-refractivity contribution in [1.29, 1.82) is 0 Å². The largest absolute Gasteiger partial charge is 0.550 e. The number of nitrogens with zero attached hydrogens (tertiary/aromatic N) is 1. The van der Waals surface area contributed by atoms with Crippen molar-refractivity contribution < 1.29 is 14.5 Å². The van der Waals surface area contributed by atoms with E-state index >= 15 is 0 Å². The number of aromatic nitrogens is 1. The molecular weight excluding hydrogens is 178 g/mol. The van der Waals surface area contributed by atoms with E-state index in [4.69, 9.17) is 0 Å². The molecular formula is C11H15NO2. The Morgan fingerprint density at radius 3 is 2.79 bits per heavy atom. The molecule has 0 fully saturated rings. The lowest BCUT2D eigenvalue weighted by atomic mass is 10.1. The molecule has 14 heavy (non-hydrogen) atoms. The number of hydrogen-bond acceptors (Lipinski definition) is 2. The van der Waals surface area contributed by atoms with Gasteiger partial charge in [-0.2, -0.15) is 0 Å². The van der Waals surface area contributed by atoms with Crippen LogP contribution in [0.4, 0.5) is 0 Å². The molecule has 0 atom stereocenters. The molecule has 0 aromatic carbocycles. The third-order valence-electron chi connectivity index (χ3n) is 2.12. The normalized spacial score (nSPS) is 10.5. The maximum Gasteiger partial charge on any atom is 0.183 e. The number of aliphatic carboxylic acids is 1. The van der Waals surface area contributed by atoms with Crippen molar-refractivity contribution in [2.45, 2.75) is 32.7 Å². The third-order valence-corrected chi connectivity index (χ3v) is 2.12. The Bertz CT molecular complexity index is 321. The summed E-state index contributed by atoms with van der Waals surface area (Å²) in [6.45, 7) is 4.66. The van der Waals surface area contributed by atoms with Crippen molar-refractivity contribution in [2.24, 2.45) is 0 Å². The Labute approximate surface area is 84.0 Å². The van der Waals surface area contributed by atoms with Gasteiger partial charge in [-0.3, -0.25) is 0 Å². The fourth-order valence-electron chi connectivity index (χ4n) is 1.43. The van der Waals surface area contributed by atoms with E-state index in [9.17, 15) is 9.90 Å². The summed E-state index contributed by atoms with van der Waals surface area (Å²) in [5, 5.41) is 10.3. The van der Waals surface area contributed by atoms with E-state index in [-0.39, 0.29) is 6.42 Å². The predicted molar refractivity (Wildman–Crippen MR) is 50.4 cm³/mol. The van der Waals surface area contributed by atoms with Crippen LogP contribution >= 0.6 is 0 Å². The molecule has 0 aliphatic rings. The van der Waals surface area contributed by atoms with Crippen molar-refractivity contribution in [2.75, 3.05) is 0 Å². The fourth-order valence-corrected chi connectivity index (χ4v) is 1.43. The fraction of sp³-hybridized carbons (Fsp3) is 0.455. The van der Waals surface area contributed by atoms with Gasteiger partial charge < -0.3 is 9.90 Å². The lowest BCUT2D eigenvalue weighted by Crippen LogP contribution is -2.41. The molecule has 0 N–H and O–H groups in total. The molecule has 3 nitrogen and oxygen atoms in total. The van der Waals surface area contributed by atoms with Crippen LogP contribution in [0.5, 0.6) is 0 Å². The lowest BCUT2D eigenvalue weighted by Gasteiger charge is -2.06. The second-order valence-corrected chi connectivity index (χ2v) is 3.60. The number of rotatable bonds is 4. The average Bonchev–Trinajstić information content (AvgIpc) is 2.15. The monoisotopic (exact) mass is 193 g/mol. The second-order valence-electron chi connectivity index (χ2n) is 3.60. The molecule has 0 radical (unpaired) electrons. The van der Waals surface area contributed by atoms with E-state index < -0.39 is 5.97 Å². The van der Waals surface area contributed by atoms with Gasteiger partial charge in [0.15, 0.2) is 18.4 Å². The van der Waals surface area contributed by atoms with Gasteiger partial charge in [-0.05, 0) is 0 Å². The summed E-state index contributed by atoms with van der Waals surface area (Å²) in [5.74, 6) is -0.603. The maximum atomic E-state index is 10.3. The van der Waals surface area contributed by atoms with Crippen LogP contribution in [-0.2, 0) is 11.3 Å². The van der Waals surface area contributed by atoms with E-state index in [1.165, 1.54) is 0 Å². The summed E-state index contributed by atoms with van der Waals surface area (Å²) in [6.07, 6.45) is 1.96. The van der Waals surface area contributed by atoms with Crippen molar-refractivity contribution in [3.8, 4) is 0 Å². The molecule has 0 amide bonds. The molecule has 0 saturated heterocycles. The summed E-state index contributed by atoms with van der Waals surface area (Å²) in [5.41, 5.74) is 1.15. The van der Waals surface area contributed by atoms with Crippen LogP contribution in [-0.4, -0.2) is 5.97 Å². The van der Waals surface area contributed by atoms with Gasteiger partial charge in [0.1, 0.15) is 0 Å². The first-order valence-electron chi connectivity index (χ1n) is 4.79. The first kappa shape index (κ1) is 10.7. The van der Waals surface area contributed by atoms with E-state index in [1.54, 1.807) is 0 Å². The van der Waals surface area contributed by atoms with Gasteiger partial charge in [0.25, 0.3) is 0 Å². The highest BCUT2D eigenvalue weighted by molar-refractivity contribution is 5.63. The molecule has 0 spiro atoms. The van der Waals surface area contributed by atoms with Crippen LogP contribution in [0.3, 0.4) is 0 Å². The van der Waals surface area contributed by atoms with E-state index in [1.807, 2.05) is 29.0 Å². The third kappa shape index (κ3) is 2.83. The van der Waals surface area contributed by atoms with Gasteiger partial charge in [0, 0.05) is 30.4 Å². The minimum absolute atomic E-state index is 0.0639. The molecule has 0 aliphatic carbocycles. The maximum absolute atomic E-state index is 10.3. The topological polar surface area (TPSA) is 44.0 Å². The van der Waals surface area contributed by atoms with Crippen LogP contribution in [0.25, 0.3) is 0 Å². The summed E-state index contributed by atoms with van der Waals surface area (Å²) in [4.78, 5) is 10.3. The van der Waals surface area contributed by atoms with Gasteiger partial charge in [0.2, 0.25) is 0 Å². The standard InChI is InChI=1S/C11H15NO2/c1-9(2)10-5-3-4-7-12(10)8-6-11(13)14/h3-5,7,9H,6,8H2,1-2H3. The smallest absolute Gasteiger partial charge is 0.183 e. The number of carboxylic acid groups (broad SMARTS) is 1. The molecule has 0 saturated carbocycles. The minimum Gasteiger partial charge on any atom is -0.550 e. The van der Waals surface area contributed by atoms with Crippen LogP contribution in [0.15, 0.2) is 24.4 Å². The first-order chi connectivity index (χ1) is 6.61. The second kappa shape index (κ2) is 4.74. The van der Waals surface area contributed by atoms with Crippen LogP contribution in [0, 0.1) is 0 Å². The molecule has 1 heterocycles. The quantitative estimate of drug-likeness (QED) is 0.643. The SMILES string of the molecule is CC(C)c1cccc[n+]1CCC(=O)[O-]. The van der Waals surface area contributed by atoms with Crippen molar-refractivity contribution in [3.05, 3.63) is 30.1 Å². The van der Waals surface area contributed by atoms with Crippen LogP contribution in [0.2, 0.25) is 0 Å². The van der Waals surface area contributed by atoms with E-state index in [0.717, 1.165) is 5.69 Å². The Morgan fingerprint density at radius 2 is 2.21 bits per heavy atom. The van der Waals surface area contributed by atoms with Crippen LogP contribution in [0.1, 0.15) is 31.9 Å². The zero-order valence-electron chi connectivity index (χ0n) is 8.56. The molecule has 0 unspecified atom stereocenters. The van der Waals surface area contributed by atoms with Gasteiger partial charge in [-0.15, -0.1) is 0 Å². The van der Waals surface area contributed by atoms with Crippen molar-refractivity contribution in [1.82, 2.24) is 0 Å². The molecule has 0 bridgehead atoms. The summed E-state index contributed by atoms with van der Waals surface area (Å²) in [6, 6.07) is 5.88. The van der Waals surface area contributed by atoms with Gasteiger partial charge in [-0.25, -0.2) is 4.57 Å². The van der Waals surface area contributed by atoms with E-state index in [0.29, 0.717) is 12.5 Å². The Kier molecular flexibility index (Phi) is 3.63.